The highest BCUT2D eigenvalue weighted by Gasteiger charge is 2.36. The van der Waals surface area contributed by atoms with E-state index in [1.807, 2.05) is 36.4 Å². The van der Waals surface area contributed by atoms with E-state index in [2.05, 4.69) is 10.2 Å². The molecule has 0 saturated carbocycles. The molecule has 0 radical (unpaired) electrons. The topological polar surface area (TPSA) is 45.5 Å². The lowest BCUT2D eigenvalue weighted by molar-refractivity contribution is 0.0888. The molecule has 2 aromatic rings. The summed E-state index contributed by atoms with van der Waals surface area (Å²) in [6.45, 7) is 2.27. The molecule has 4 heteroatoms. The van der Waals surface area contributed by atoms with E-state index >= 15 is 0 Å². The van der Waals surface area contributed by atoms with Gasteiger partial charge in [-0.2, -0.15) is 0 Å². The maximum atomic E-state index is 12.7. The average Bonchev–Trinajstić information content (AvgIpc) is 3.23. The number of fused-ring (bicyclic) bond motifs is 1. The van der Waals surface area contributed by atoms with Gasteiger partial charge in [0.1, 0.15) is 0 Å². The standard InChI is InChI=1S/C19H22N2O2/c22-19(20-16-9-12-21-11-5-4-8-17(16)21)18-15(10-13-23-18)14-6-2-1-3-7-14/h1-3,6-7,10,13,16-17H,4-5,8-9,11-12H2,(H,20,22). The molecule has 0 spiro atoms. The number of nitrogens with zero attached hydrogens (tertiary/aromatic N) is 1. The van der Waals surface area contributed by atoms with Crippen LogP contribution >= 0.6 is 0 Å². The minimum absolute atomic E-state index is 0.0914. The lowest BCUT2D eigenvalue weighted by Crippen LogP contribution is -2.46. The zero-order valence-corrected chi connectivity index (χ0v) is 13.2. The van der Waals surface area contributed by atoms with Crippen molar-refractivity contribution < 1.29 is 9.21 Å². The summed E-state index contributed by atoms with van der Waals surface area (Å²) in [5.74, 6) is 0.330. The summed E-state index contributed by atoms with van der Waals surface area (Å²) in [4.78, 5) is 15.2. The van der Waals surface area contributed by atoms with Crippen LogP contribution in [-0.4, -0.2) is 36.0 Å². The number of piperidine rings is 1. The quantitative estimate of drug-likeness (QED) is 0.946. The van der Waals surface area contributed by atoms with Crippen molar-refractivity contribution >= 4 is 5.91 Å². The summed E-state index contributed by atoms with van der Waals surface area (Å²) in [5, 5.41) is 3.22. The third-order valence-corrected chi connectivity index (χ3v) is 5.13. The first-order valence-corrected chi connectivity index (χ1v) is 8.51. The Kier molecular flexibility index (Phi) is 3.92. The molecule has 1 N–H and O–H groups in total. The van der Waals surface area contributed by atoms with Crippen LogP contribution in [0.4, 0.5) is 0 Å². The van der Waals surface area contributed by atoms with E-state index in [4.69, 9.17) is 4.42 Å². The Labute approximate surface area is 136 Å². The van der Waals surface area contributed by atoms with E-state index in [0.29, 0.717) is 11.8 Å². The van der Waals surface area contributed by atoms with Crippen LogP contribution in [0.2, 0.25) is 0 Å². The zero-order valence-electron chi connectivity index (χ0n) is 13.2. The number of carbonyl (C=O) groups is 1. The van der Waals surface area contributed by atoms with Gasteiger partial charge in [-0.05, 0) is 37.4 Å². The van der Waals surface area contributed by atoms with Gasteiger partial charge < -0.3 is 9.73 Å². The molecular formula is C19H22N2O2. The fourth-order valence-electron chi connectivity index (χ4n) is 3.98. The van der Waals surface area contributed by atoms with Gasteiger partial charge >= 0.3 is 0 Å². The van der Waals surface area contributed by atoms with Crippen LogP contribution < -0.4 is 5.32 Å². The first kappa shape index (κ1) is 14.5. The molecule has 1 amide bonds. The molecule has 2 aliphatic heterocycles. The van der Waals surface area contributed by atoms with Crippen molar-refractivity contribution in [1.82, 2.24) is 10.2 Å². The third-order valence-electron chi connectivity index (χ3n) is 5.13. The van der Waals surface area contributed by atoms with Gasteiger partial charge in [0.15, 0.2) is 5.76 Å². The van der Waals surface area contributed by atoms with E-state index in [9.17, 15) is 4.79 Å². The Balaban J connectivity index is 1.51. The number of rotatable bonds is 3. The second-order valence-corrected chi connectivity index (χ2v) is 6.50. The smallest absolute Gasteiger partial charge is 0.287 e. The van der Waals surface area contributed by atoms with E-state index in [1.54, 1.807) is 6.26 Å². The van der Waals surface area contributed by atoms with Crippen molar-refractivity contribution in [1.29, 1.82) is 0 Å². The maximum Gasteiger partial charge on any atom is 0.287 e. The molecule has 2 saturated heterocycles. The summed E-state index contributed by atoms with van der Waals surface area (Å²) >= 11 is 0. The van der Waals surface area contributed by atoms with Crippen LogP contribution in [0.3, 0.4) is 0 Å². The van der Waals surface area contributed by atoms with Gasteiger partial charge in [0, 0.05) is 24.2 Å². The predicted octanol–water partition coefficient (Wildman–Crippen LogP) is 3.30. The first-order chi connectivity index (χ1) is 11.3. The van der Waals surface area contributed by atoms with Gasteiger partial charge in [0.25, 0.3) is 5.91 Å². The molecule has 2 atom stereocenters. The van der Waals surface area contributed by atoms with E-state index in [0.717, 1.165) is 24.1 Å². The highest BCUT2D eigenvalue weighted by molar-refractivity contribution is 5.98. The van der Waals surface area contributed by atoms with Gasteiger partial charge in [-0.15, -0.1) is 0 Å². The van der Waals surface area contributed by atoms with Crippen molar-refractivity contribution in [2.75, 3.05) is 13.1 Å². The Morgan fingerprint density at radius 3 is 2.83 bits per heavy atom. The number of hydrogen-bond donors (Lipinski definition) is 1. The Morgan fingerprint density at radius 2 is 1.96 bits per heavy atom. The predicted molar refractivity (Wildman–Crippen MR) is 89.2 cm³/mol. The summed E-state index contributed by atoms with van der Waals surface area (Å²) in [6.07, 6.45) is 6.38. The monoisotopic (exact) mass is 310 g/mol. The molecule has 4 nitrogen and oxygen atoms in total. The maximum absolute atomic E-state index is 12.7. The van der Waals surface area contributed by atoms with Gasteiger partial charge in [0.05, 0.1) is 6.26 Å². The van der Waals surface area contributed by atoms with Gasteiger partial charge in [-0.1, -0.05) is 36.8 Å². The van der Waals surface area contributed by atoms with E-state index in [1.165, 1.54) is 25.8 Å². The minimum atomic E-state index is -0.0914. The molecule has 2 unspecified atom stereocenters. The molecule has 0 bridgehead atoms. The molecule has 4 rings (SSSR count). The van der Waals surface area contributed by atoms with Crippen molar-refractivity contribution in [2.45, 2.75) is 37.8 Å². The number of nitrogens with one attached hydrogen (secondary N) is 1. The van der Waals surface area contributed by atoms with Crippen LogP contribution in [0.5, 0.6) is 0 Å². The molecular weight excluding hydrogens is 288 g/mol. The lowest BCUT2D eigenvalue weighted by Gasteiger charge is -2.32. The second-order valence-electron chi connectivity index (χ2n) is 6.50. The van der Waals surface area contributed by atoms with Crippen LogP contribution in [0, 0.1) is 0 Å². The van der Waals surface area contributed by atoms with Crippen LogP contribution in [0.15, 0.2) is 47.1 Å². The van der Waals surface area contributed by atoms with Crippen molar-refractivity contribution in [2.24, 2.45) is 0 Å². The van der Waals surface area contributed by atoms with Crippen molar-refractivity contribution in [3.8, 4) is 11.1 Å². The van der Waals surface area contributed by atoms with E-state index in [-0.39, 0.29) is 11.9 Å². The van der Waals surface area contributed by atoms with Crippen LogP contribution in [0.25, 0.3) is 11.1 Å². The second kappa shape index (κ2) is 6.20. The molecule has 23 heavy (non-hydrogen) atoms. The fourth-order valence-corrected chi connectivity index (χ4v) is 3.98. The number of hydrogen-bond acceptors (Lipinski definition) is 3. The largest absolute Gasteiger partial charge is 0.459 e. The minimum Gasteiger partial charge on any atom is -0.459 e. The summed E-state index contributed by atoms with van der Waals surface area (Å²) in [6, 6.07) is 12.5. The van der Waals surface area contributed by atoms with Crippen molar-refractivity contribution in [3.63, 3.8) is 0 Å². The molecule has 1 aromatic carbocycles. The average molecular weight is 310 g/mol. The zero-order chi connectivity index (χ0) is 15.6. The van der Waals surface area contributed by atoms with Gasteiger partial charge in [-0.3, -0.25) is 9.69 Å². The molecule has 1 aromatic heterocycles. The first-order valence-electron chi connectivity index (χ1n) is 8.51. The van der Waals surface area contributed by atoms with E-state index < -0.39 is 0 Å². The Bertz CT molecular complexity index is 680. The fraction of sp³-hybridized carbons (Fsp3) is 0.421. The number of furan rings is 1. The van der Waals surface area contributed by atoms with Gasteiger partial charge in [0.2, 0.25) is 0 Å². The lowest BCUT2D eigenvalue weighted by atomic mass is 9.98. The number of carbonyl (C=O) groups excluding carboxylic acids is 1. The Hall–Kier alpha value is -2.07. The normalized spacial score (nSPS) is 24.3. The third kappa shape index (κ3) is 2.79. The van der Waals surface area contributed by atoms with Crippen LogP contribution in [-0.2, 0) is 0 Å². The summed E-state index contributed by atoms with van der Waals surface area (Å²) < 4.78 is 5.50. The number of benzene rings is 1. The van der Waals surface area contributed by atoms with Crippen molar-refractivity contribution in [3.05, 3.63) is 48.4 Å². The molecule has 2 aliphatic rings. The molecule has 2 fully saturated rings. The molecule has 120 valence electrons. The number of amides is 1. The highest BCUT2D eigenvalue weighted by atomic mass is 16.3. The van der Waals surface area contributed by atoms with Crippen LogP contribution in [0.1, 0.15) is 36.2 Å². The highest BCUT2D eigenvalue weighted by Crippen LogP contribution is 2.29. The summed E-state index contributed by atoms with van der Waals surface area (Å²) in [7, 11) is 0. The summed E-state index contributed by atoms with van der Waals surface area (Å²) in [5.41, 5.74) is 1.87. The molecule has 0 aliphatic carbocycles. The molecule has 3 heterocycles. The SMILES string of the molecule is O=C(NC1CCN2CCCCC12)c1occc1-c1ccccc1. The van der Waals surface area contributed by atoms with Gasteiger partial charge in [-0.25, -0.2) is 0 Å². The Morgan fingerprint density at radius 1 is 1.09 bits per heavy atom.